The molecule has 0 saturated carbocycles. The molecular formula is C91H161N3O39. The molecule has 6 saturated heterocycles. The molecule has 0 aromatic rings. The number of hydrogen-bond acceptors (Lipinski definition) is 37. The Bertz CT molecular complexity index is 3310. The van der Waals surface area contributed by atoms with Crippen molar-refractivity contribution in [3.05, 3.63) is 12.2 Å². The number of ether oxygens (including phenoxy) is 12. The number of rotatable bonds is 66. The number of allylic oxidation sites excluding steroid dienone is 1. The zero-order valence-electron chi connectivity index (χ0n) is 78.0. The quantitative estimate of drug-likeness (QED) is 0.0271. The first-order valence-electron chi connectivity index (χ1n) is 48.4. The van der Waals surface area contributed by atoms with E-state index >= 15 is 0 Å². The molecular weight excluding hydrogens is 1760 g/mol. The molecule has 6 rings (SSSR count). The second-order valence-corrected chi connectivity index (χ2v) is 36.7. The zero-order chi connectivity index (χ0) is 98.1. The summed E-state index contributed by atoms with van der Waals surface area (Å²) in [6.45, 7) is -0.751. The van der Waals surface area contributed by atoms with Gasteiger partial charge in [-0.2, -0.15) is 0 Å². The van der Waals surface area contributed by atoms with E-state index in [0.717, 1.165) is 85.0 Å². The maximum absolute atomic E-state index is 14.5. The number of aliphatic carboxylic acids is 2. The summed E-state index contributed by atoms with van der Waals surface area (Å²) in [6.07, 6.45) is -23.9. The van der Waals surface area contributed by atoms with E-state index in [1.54, 1.807) is 6.08 Å². The van der Waals surface area contributed by atoms with E-state index in [1.807, 2.05) is 0 Å². The third-order valence-corrected chi connectivity index (χ3v) is 25.9. The van der Waals surface area contributed by atoms with E-state index in [2.05, 4.69) is 29.8 Å². The van der Waals surface area contributed by atoms with Crippen molar-refractivity contribution >= 4 is 35.4 Å². The summed E-state index contributed by atoms with van der Waals surface area (Å²) in [5, 5.41) is 246. The SMILES string of the molecule is CCCCCCCCCCCCC/C=C\[C@@H](O)[C@H](CO[C@@H]1O[C@H](CO)[C@@H](O[C@@H]2O[C@H](CO)[C@H](O[C@@H]3O[C@H](CO)[C@H](O)[C@H](O[C@@H]4O[C@H](CO)[C@H](O)[C@H](O)[C@H]4O)[C@H]3CC(C)=O)[C@H](O[C@]3(C(=O)O)C[C@H](O)[C@@H](NC(C)=O)C([C@H](O)[C@@H](CO)O[C@]4(C(=O)O)C[C@H](O)[C@@H](NC(C)=O)C([C@H](O)[C@H](O)CO)O4)O3)[C@H]2O)[C@H](O)[C@H]1O)NC(=O)CCCCCCCCCCCCCCCCCCCCCCC. The van der Waals surface area contributed by atoms with Crippen LogP contribution in [0, 0.1) is 5.92 Å². The molecule has 6 heterocycles. The molecule has 42 nitrogen and oxygen atoms in total. The Hall–Kier alpha value is -4.48. The summed E-state index contributed by atoms with van der Waals surface area (Å²) >= 11 is 0. The molecule has 0 bridgehead atoms. The number of aliphatic hydroxyl groups is 19. The smallest absolute Gasteiger partial charge is 0.364 e. The number of Topliss-reactive ketones (excluding diaryl/α,β-unsaturated/α-hetero) is 1. The van der Waals surface area contributed by atoms with Gasteiger partial charge in [0, 0.05) is 45.4 Å². The van der Waals surface area contributed by atoms with Crippen molar-refractivity contribution in [1.29, 1.82) is 0 Å². The average molecular weight is 1920 g/mol. The second kappa shape index (κ2) is 61.3. The van der Waals surface area contributed by atoms with Crippen molar-refractivity contribution < 1.29 is 193 Å². The summed E-state index contributed by atoms with van der Waals surface area (Å²) in [5.41, 5.74) is 0. The minimum atomic E-state index is -3.68. The lowest BCUT2D eigenvalue weighted by atomic mass is 9.86. The van der Waals surface area contributed by atoms with Crippen LogP contribution in [0.4, 0.5) is 0 Å². The molecule has 42 heteroatoms. The molecule has 0 aromatic heterocycles. The first kappa shape index (κ1) is 117. The molecule has 774 valence electrons. The second-order valence-electron chi connectivity index (χ2n) is 36.7. The molecule has 0 radical (unpaired) electrons. The van der Waals surface area contributed by atoms with E-state index in [1.165, 1.54) is 141 Å². The molecule has 0 aromatic carbocycles. The number of carboxylic acid groups (broad SMARTS) is 2. The van der Waals surface area contributed by atoms with Gasteiger partial charge in [-0.15, -0.1) is 0 Å². The van der Waals surface area contributed by atoms with Gasteiger partial charge in [0.15, 0.2) is 25.2 Å². The van der Waals surface area contributed by atoms with E-state index in [-0.39, 0.29) is 6.42 Å². The van der Waals surface area contributed by atoms with E-state index < -0.39 is 308 Å². The Morgan fingerprint density at radius 2 is 0.835 bits per heavy atom. The predicted molar refractivity (Wildman–Crippen MR) is 469 cm³/mol. The van der Waals surface area contributed by atoms with Crippen LogP contribution in [0.1, 0.15) is 272 Å². The van der Waals surface area contributed by atoms with Gasteiger partial charge in [0.1, 0.15) is 128 Å². The molecule has 6 aliphatic heterocycles. The molecule has 2 unspecified atom stereocenters. The van der Waals surface area contributed by atoms with Crippen LogP contribution >= 0.6 is 0 Å². The minimum absolute atomic E-state index is 0.0892. The predicted octanol–water partition coefficient (Wildman–Crippen LogP) is -0.437. The van der Waals surface area contributed by atoms with Crippen LogP contribution in [-0.4, -0.2) is 390 Å². The number of carboxylic acids is 2. The highest BCUT2D eigenvalue weighted by Crippen LogP contribution is 2.44. The van der Waals surface area contributed by atoms with Crippen molar-refractivity contribution in [2.24, 2.45) is 5.92 Å². The molecule has 3 amide bonds. The van der Waals surface area contributed by atoms with Gasteiger partial charge in [0.2, 0.25) is 17.7 Å². The van der Waals surface area contributed by atoms with Crippen LogP contribution in [0.25, 0.3) is 0 Å². The Morgan fingerprint density at radius 1 is 0.429 bits per heavy atom. The number of nitrogens with one attached hydrogen (secondary N) is 3. The molecule has 0 spiro atoms. The van der Waals surface area contributed by atoms with E-state index in [9.17, 15) is 136 Å². The zero-order valence-corrected chi connectivity index (χ0v) is 78.0. The summed E-state index contributed by atoms with van der Waals surface area (Å²) in [4.78, 5) is 80.6. The third kappa shape index (κ3) is 35.9. The van der Waals surface area contributed by atoms with Crippen LogP contribution in [0.3, 0.4) is 0 Å². The Labute approximate surface area is 779 Å². The van der Waals surface area contributed by atoms with Crippen molar-refractivity contribution in [1.82, 2.24) is 16.0 Å². The van der Waals surface area contributed by atoms with Gasteiger partial charge in [-0.05, 0) is 26.2 Å². The number of carbonyl (C=O) groups excluding carboxylic acids is 4. The van der Waals surface area contributed by atoms with Gasteiger partial charge < -0.3 is 185 Å². The van der Waals surface area contributed by atoms with Gasteiger partial charge in [-0.1, -0.05) is 219 Å². The van der Waals surface area contributed by atoms with Crippen molar-refractivity contribution in [3.63, 3.8) is 0 Å². The van der Waals surface area contributed by atoms with Gasteiger partial charge in [-0.25, -0.2) is 9.59 Å². The van der Waals surface area contributed by atoms with Gasteiger partial charge >= 0.3 is 11.9 Å². The minimum Gasteiger partial charge on any atom is -0.477 e. The largest absolute Gasteiger partial charge is 0.477 e. The normalized spacial score (nSPS) is 34.1. The first-order chi connectivity index (χ1) is 63.6. The highest BCUT2D eigenvalue weighted by molar-refractivity contribution is 5.78. The molecule has 0 aliphatic carbocycles. The lowest BCUT2D eigenvalue weighted by molar-refractivity contribution is -0.407. The molecule has 6 aliphatic rings. The standard InChI is InChI=1S/C91H161N3O39/c1-6-8-10-12-14-16-18-20-21-22-23-24-25-26-27-29-31-33-35-37-39-41-66(108)94-56(57(104)40-38-36-34-32-30-28-19-17-15-13-11-9-7-2)51-122-85-76(116)74(114)79(64(49-99)125-85)128-87-77(117)83(80(65(50-100)126-87)129-84-55(42-52(3)101)78(71(111)62(47-97)123-84)127-86-75(115)73(113)70(110)61(46-96)124-86)133-91(89(120)121)44-59(106)68(93-54(5)103)82(132-91)72(112)63(48-98)130-90(88(118)119)43-58(105)67(92-53(4)102)81(131-90)69(109)60(107)45-95/h38,40,55-65,67-87,95-100,104-107,109-117H,6-37,39,41-51H2,1-5H3,(H,92,102)(H,93,103)(H,94,108)(H,118,119)(H,120,121)/b40-38-/t55-,56+,57-,58+,59+,60-,61-,62-,63-,64-,65-,67-,68-,69-,70+,71+,72-,73+,74-,75-,76-,77-,78-,79-,80+,81?,82?,83-,84+,85-,86+,87+,90-,91+/m1/s1. The van der Waals surface area contributed by atoms with Crippen LogP contribution in [0.5, 0.6) is 0 Å². The summed E-state index contributed by atoms with van der Waals surface area (Å²) in [7, 11) is 0. The third-order valence-electron chi connectivity index (χ3n) is 25.9. The average Bonchev–Trinajstić information content (AvgIpc) is 0.938. The molecule has 34 atom stereocenters. The Kier molecular flexibility index (Phi) is 54.0. The molecule has 6 fully saturated rings. The fraction of sp³-hybridized carbons (Fsp3) is 0.912. The number of unbranched alkanes of at least 4 members (excludes halogenated alkanes) is 31. The summed E-state index contributed by atoms with van der Waals surface area (Å²) in [6, 6.07) is -5.10. The highest BCUT2D eigenvalue weighted by Gasteiger charge is 2.64. The Balaban J connectivity index is 1.29. The molecule has 24 N–H and O–H groups in total. The summed E-state index contributed by atoms with van der Waals surface area (Å²) < 4.78 is 72.6. The van der Waals surface area contributed by atoms with Crippen molar-refractivity contribution in [2.75, 3.05) is 46.2 Å². The van der Waals surface area contributed by atoms with Crippen LogP contribution in [-0.2, 0) is 85.6 Å². The lowest BCUT2D eigenvalue weighted by Crippen LogP contribution is -2.72. The van der Waals surface area contributed by atoms with E-state index in [4.69, 9.17) is 56.8 Å². The van der Waals surface area contributed by atoms with Crippen LogP contribution < -0.4 is 16.0 Å². The monoisotopic (exact) mass is 1920 g/mol. The maximum Gasteiger partial charge on any atom is 0.364 e. The lowest BCUT2D eigenvalue weighted by Gasteiger charge is -2.53. The van der Waals surface area contributed by atoms with Gasteiger partial charge in [0.25, 0.3) is 11.6 Å². The maximum atomic E-state index is 14.5. The van der Waals surface area contributed by atoms with E-state index in [0.29, 0.717) is 12.8 Å². The number of ketones is 1. The number of amides is 3. The topological polar surface area (TPSA) is 674 Å². The van der Waals surface area contributed by atoms with Crippen LogP contribution in [0.15, 0.2) is 12.2 Å². The van der Waals surface area contributed by atoms with Gasteiger partial charge in [-0.3, -0.25) is 14.4 Å². The van der Waals surface area contributed by atoms with Gasteiger partial charge in [0.05, 0.1) is 88.8 Å². The summed E-state index contributed by atoms with van der Waals surface area (Å²) in [5.74, 6) is -16.5. The first-order valence-corrected chi connectivity index (χ1v) is 48.4. The molecule has 133 heavy (non-hydrogen) atoms. The Morgan fingerprint density at radius 3 is 1.30 bits per heavy atom. The fourth-order valence-corrected chi connectivity index (χ4v) is 18.2. The number of hydrogen-bond donors (Lipinski definition) is 24. The van der Waals surface area contributed by atoms with Crippen LogP contribution in [0.2, 0.25) is 0 Å². The van der Waals surface area contributed by atoms with Crippen molar-refractivity contribution in [3.8, 4) is 0 Å². The number of aliphatic hydroxyl groups excluding tert-OH is 19. The number of carbonyl (C=O) groups is 6. The van der Waals surface area contributed by atoms with Crippen molar-refractivity contribution in [2.45, 2.75) is 474 Å². The fourth-order valence-electron chi connectivity index (χ4n) is 18.2. The highest BCUT2D eigenvalue weighted by atomic mass is 16.8.